The monoisotopic (exact) mass is 570 g/mol. The van der Waals surface area contributed by atoms with Gasteiger partial charge in [0.05, 0.1) is 0 Å². The van der Waals surface area contributed by atoms with Gasteiger partial charge in [-0.25, -0.2) is 0 Å². The maximum Gasteiger partial charge on any atom is 0.499 e. The summed E-state index contributed by atoms with van der Waals surface area (Å²) in [5.41, 5.74) is 0. The summed E-state index contributed by atoms with van der Waals surface area (Å²) in [6.07, 6.45) is 42.2. The molecule has 0 aliphatic heterocycles. The van der Waals surface area contributed by atoms with Gasteiger partial charge in [0.2, 0.25) is 0 Å². The van der Waals surface area contributed by atoms with Crippen LogP contribution in [0.15, 0.2) is 24.7 Å². The predicted molar refractivity (Wildman–Crippen MR) is 170 cm³/mol. The van der Waals surface area contributed by atoms with E-state index in [9.17, 15) is 8.42 Å². The molecule has 0 aliphatic rings. The highest BCUT2D eigenvalue weighted by Gasteiger charge is 2.07. The van der Waals surface area contributed by atoms with Crippen LogP contribution in [0.3, 0.4) is 0 Å². The molecule has 0 bridgehead atoms. The first-order valence-electron chi connectivity index (χ1n) is 17.0. The van der Waals surface area contributed by atoms with Gasteiger partial charge in [-0.2, -0.15) is 0 Å². The van der Waals surface area contributed by atoms with Crippen molar-refractivity contribution in [1.82, 2.24) is 0 Å². The second-order valence-electron chi connectivity index (χ2n) is 11.4. The molecule has 0 radical (unpaired) electrons. The Morgan fingerprint density at radius 3 is 0.872 bits per heavy atom. The smallest absolute Gasteiger partial charge is 0.361 e. The van der Waals surface area contributed by atoms with Crippen molar-refractivity contribution >= 4 is 10.4 Å². The molecule has 0 heterocycles. The van der Waals surface area contributed by atoms with Crippen LogP contribution < -0.4 is 0 Å². The average Bonchev–Trinajstić information content (AvgIpc) is 2.92. The molecule has 0 N–H and O–H groups in total. The second-order valence-corrected chi connectivity index (χ2v) is 12.6. The Bertz CT molecular complexity index is 579. The third-order valence-electron chi connectivity index (χ3n) is 7.49. The lowest BCUT2D eigenvalue weighted by Gasteiger charge is -2.03. The summed E-state index contributed by atoms with van der Waals surface area (Å²) >= 11 is 0. The van der Waals surface area contributed by atoms with Crippen molar-refractivity contribution in [3.8, 4) is 0 Å². The van der Waals surface area contributed by atoms with E-state index in [0.717, 1.165) is 25.7 Å². The van der Waals surface area contributed by atoms with E-state index in [0.29, 0.717) is 0 Å². The molecule has 39 heavy (non-hydrogen) atoms. The van der Waals surface area contributed by atoms with Crippen LogP contribution in [0.1, 0.15) is 194 Å². The summed E-state index contributed by atoms with van der Waals surface area (Å²) in [5.74, 6) is 0. The van der Waals surface area contributed by atoms with Crippen LogP contribution in [0.25, 0.3) is 0 Å². The topological polar surface area (TPSA) is 52.6 Å². The van der Waals surface area contributed by atoms with Crippen molar-refractivity contribution in [2.75, 3.05) is 0 Å². The van der Waals surface area contributed by atoms with Crippen molar-refractivity contribution in [3.63, 3.8) is 0 Å². The lowest BCUT2D eigenvalue weighted by molar-refractivity contribution is 0.334. The summed E-state index contributed by atoms with van der Waals surface area (Å²) in [4.78, 5) is 0. The number of unbranched alkanes of at least 4 members (excludes halogenated alkanes) is 26. The second kappa shape index (κ2) is 31.6. The average molecular weight is 571 g/mol. The number of hydrogen-bond acceptors (Lipinski definition) is 4. The maximum atomic E-state index is 11.8. The largest absolute Gasteiger partial charge is 0.499 e. The molecule has 232 valence electrons. The van der Waals surface area contributed by atoms with Crippen molar-refractivity contribution in [3.05, 3.63) is 24.7 Å². The standard InChI is InChI=1S/C34H66O4S/c1-3-5-7-9-11-13-15-17-19-21-23-25-27-29-31-33-37-39(35,36)38-34-32-30-28-26-24-22-20-18-16-14-12-10-8-6-4-2/h31-34H,3-30H2,1-2H3/b33-31+,34-32+. The van der Waals surface area contributed by atoms with Crippen LogP contribution in [-0.4, -0.2) is 8.42 Å². The minimum Gasteiger partial charge on any atom is -0.361 e. The zero-order valence-corrected chi connectivity index (χ0v) is 27.0. The van der Waals surface area contributed by atoms with Crippen LogP contribution >= 0.6 is 0 Å². The highest BCUT2D eigenvalue weighted by atomic mass is 32.3. The Hall–Kier alpha value is -0.970. The summed E-state index contributed by atoms with van der Waals surface area (Å²) in [6.45, 7) is 4.54. The molecule has 4 nitrogen and oxygen atoms in total. The van der Waals surface area contributed by atoms with Gasteiger partial charge in [0, 0.05) is 0 Å². The molecule has 0 spiro atoms. The van der Waals surface area contributed by atoms with E-state index >= 15 is 0 Å². The van der Waals surface area contributed by atoms with Crippen molar-refractivity contribution in [2.45, 2.75) is 194 Å². The van der Waals surface area contributed by atoms with Crippen LogP contribution in [0.5, 0.6) is 0 Å². The Labute approximate surface area is 245 Å². The van der Waals surface area contributed by atoms with Gasteiger partial charge >= 0.3 is 10.4 Å². The van der Waals surface area contributed by atoms with Crippen molar-refractivity contribution in [1.29, 1.82) is 0 Å². The Balaban J connectivity index is 3.43. The Kier molecular flexibility index (Phi) is 30.8. The maximum absolute atomic E-state index is 11.8. The van der Waals surface area contributed by atoms with Crippen LogP contribution in [0, 0.1) is 0 Å². The fourth-order valence-electron chi connectivity index (χ4n) is 4.93. The number of rotatable bonds is 32. The molecule has 5 heteroatoms. The minimum atomic E-state index is -3.99. The fraction of sp³-hybridized carbons (Fsp3) is 0.882. The molecular weight excluding hydrogens is 504 g/mol. The van der Waals surface area contributed by atoms with Gasteiger partial charge in [-0.1, -0.05) is 168 Å². The quantitative estimate of drug-likeness (QED) is 0.0596. The van der Waals surface area contributed by atoms with Gasteiger partial charge in [-0.3, -0.25) is 0 Å². The highest BCUT2D eigenvalue weighted by molar-refractivity contribution is 7.82. The van der Waals surface area contributed by atoms with Crippen molar-refractivity contribution in [2.24, 2.45) is 0 Å². The van der Waals surface area contributed by atoms with E-state index in [1.54, 1.807) is 12.2 Å². The molecule has 0 amide bonds. The number of allylic oxidation sites excluding steroid dienone is 2. The van der Waals surface area contributed by atoms with Gasteiger partial charge in [-0.15, -0.1) is 8.42 Å². The highest BCUT2D eigenvalue weighted by Crippen LogP contribution is 2.14. The SMILES string of the molecule is CCCCCCCCCCCCCCC/C=C/OS(=O)(=O)O/C=C/CCCCCCCCCCCCCCC. The molecule has 0 saturated carbocycles. The molecule has 0 rings (SSSR count). The molecule has 0 atom stereocenters. The summed E-state index contributed by atoms with van der Waals surface area (Å²) in [6, 6.07) is 0. The van der Waals surface area contributed by atoms with Crippen molar-refractivity contribution < 1.29 is 16.8 Å². The van der Waals surface area contributed by atoms with Crippen LogP contribution in [0.4, 0.5) is 0 Å². The zero-order valence-electron chi connectivity index (χ0n) is 26.1. The van der Waals surface area contributed by atoms with E-state index in [1.807, 2.05) is 0 Å². The molecule has 0 aromatic rings. The predicted octanol–water partition coefficient (Wildman–Crippen LogP) is 12.3. The van der Waals surface area contributed by atoms with Crippen LogP contribution in [-0.2, 0) is 18.8 Å². The van der Waals surface area contributed by atoms with Gasteiger partial charge in [-0.05, 0) is 37.8 Å². The van der Waals surface area contributed by atoms with Crippen LogP contribution in [0.2, 0.25) is 0 Å². The van der Waals surface area contributed by atoms with E-state index in [-0.39, 0.29) is 0 Å². The zero-order chi connectivity index (χ0) is 28.5. The molecular formula is C34H66O4S. The lowest BCUT2D eigenvalue weighted by Crippen LogP contribution is -2.02. The van der Waals surface area contributed by atoms with Gasteiger partial charge < -0.3 is 8.37 Å². The first-order valence-corrected chi connectivity index (χ1v) is 18.4. The van der Waals surface area contributed by atoms with E-state index in [1.165, 1.54) is 167 Å². The van der Waals surface area contributed by atoms with Gasteiger partial charge in [0.1, 0.15) is 12.5 Å². The van der Waals surface area contributed by atoms with Gasteiger partial charge in [0.15, 0.2) is 0 Å². The Morgan fingerprint density at radius 2 is 0.615 bits per heavy atom. The Morgan fingerprint density at radius 1 is 0.385 bits per heavy atom. The minimum absolute atomic E-state index is 0.835. The molecule has 0 aliphatic carbocycles. The molecule has 0 aromatic carbocycles. The lowest BCUT2D eigenvalue weighted by atomic mass is 10.0. The van der Waals surface area contributed by atoms with E-state index < -0.39 is 10.4 Å². The molecule has 0 aromatic heterocycles. The third-order valence-corrected chi connectivity index (χ3v) is 8.18. The normalized spacial score (nSPS) is 12.2. The molecule has 0 fully saturated rings. The summed E-state index contributed by atoms with van der Waals surface area (Å²) in [7, 11) is -3.99. The summed E-state index contributed by atoms with van der Waals surface area (Å²) in [5, 5.41) is 0. The summed E-state index contributed by atoms with van der Waals surface area (Å²) < 4.78 is 33.1. The van der Waals surface area contributed by atoms with E-state index in [2.05, 4.69) is 13.8 Å². The first kappa shape index (κ1) is 38.0. The molecule has 0 saturated heterocycles. The first-order chi connectivity index (χ1) is 19.1. The number of hydrogen-bond donors (Lipinski definition) is 0. The van der Waals surface area contributed by atoms with Gasteiger partial charge in [0.25, 0.3) is 0 Å². The van der Waals surface area contributed by atoms with E-state index in [4.69, 9.17) is 8.37 Å². The third kappa shape index (κ3) is 33.1. The molecule has 0 unspecified atom stereocenters. The fourth-order valence-corrected chi connectivity index (χ4v) is 5.41.